The van der Waals surface area contributed by atoms with Gasteiger partial charge < -0.3 is 18.1 Å². The predicted molar refractivity (Wildman–Crippen MR) is 195 cm³/mol. The van der Waals surface area contributed by atoms with Gasteiger partial charge in [-0.05, 0) is 112 Å². The van der Waals surface area contributed by atoms with Crippen LogP contribution < -0.4 is 18.1 Å². The van der Waals surface area contributed by atoms with Gasteiger partial charge in [-0.2, -0.15) is 0 Å². The molecule has 0 heterocycles. The van der Waals surface area contributed by atoms with Crippen molar-refractivity contribution in [2.75, 3.05) is 0 Å². The smallest absolute Gasteiger partial charge is 0.417 e. The third-order valence-corrected chi connectivity index (χ3v) is 11.8. The Morgan fingerprint density at radius 1 is 0.396 bits per heavy atom. The molecule has 6 rings (SSSR count). The van der Waals surface area contributed by atoms with E-state index in [9.17, 15) is 0 Å². The standard InChI is InChI=1S/C40H48O6P2/c1-29-17-5-11-23-35(29)41-47(42-36-24-12-6-18-30(36)2)45-39-27-15-9-21-33(39)34-22-10-16-28-40(34)46-48(43-37-25-13-7-19-31(37)3)44-38-26-14-8-20-32(38)4/h5-8,11-14,17-20,23-26,33-34,39-40H,9-10,15-16,21-22,27-28H2,1-4H3. The predicted octanol–water partition coefficient (Wildman–Crippen LogP) is 12.1. The quantitative estimate of drug-likeness (QED) is 0.131. The summed E-state index contributed by atoms with van der Waals surface area (Å²) in [7, 11) is -3.41. The van der Waals surface area contributed by atoms with Gasteiger partial charge in [0.15, 0.2) is 0 Å². The molecule has 2 aliphatic carbocycles. The average molecular weight is 687 g/mol. The van der Waals surface area contributed by atoms with Gasteiger partial charge in [0.2, 0.25) is 0 Å². The summed E-state index contributed by atoms with van der Waals surface area (Å²) in [5.41, 5.74) is 4.22. The molecule has 2 aliphatic rings. The summed E-state index contributed by atoms with van der Waals surface area (Å²) >= 11 is 0. The number of rotatable bonds is 13. The topological polar surface area (TPSA) is 55.4 Å². The van der Waals surface area contributed by atoms with Crippen molar-refractivity contribution in [2.24, 2.45) is 11.8 Å². The molecule has 0 spiro atoms. The normalized spacial score (nSPS) is 21.2. The van der Waals surface area contributed by atoms with Gasteiger partial charge in [0.1, 0.15) is 23.0 Å². The Balaban J connectivity index is 1.24. The van der Waals surface area contributed by atoms with E-state index < -0.39 is 17.2 Å². The minimum absolute atomic E-state index is 0.00658. The van der Waals surface area contributed by atoms with Crippen molar-refractivity contribution in [2.45, 2.75) is 91.3 Å². The molecule has 0 aromatic heterocycles. The lowest BCUT2D eigenvalue weighted by Crippen LogP contribution is -2.41. The Hall–Kier alpha value is -3.14. The Morgan fingerprint density at radius 3 is 0.958 bits per heavy atom. The third-order valence-electron chi connectivity index (χ3n) is 9.57. The van der Waals surface area contributed by atoms with Crippen LogP contribution >= 0.6 is 17.2 Å². The first-order valence-corrected chi connectivity index (χ1v) is 19.5. The molecule has 8 heteroatoms. The van der Waals surface area contributed by atoms with Crippen molar-refractivity contribution >= 4 is 17.2 Å². The van der Waals surface area contributed by atoms with Crippen molar-refractivity contribution in [1.82, 2.24) is 0 Å². The summed E-state index contributed by atoms with van der Waals surface area (Å²) in [6, 6.07) is 32.2. The zero-order valence-corrected chi connectivity index (χ0v) is 30.3. The fourth-order valence-electron chi connectivity index (χ4n) is 6.79. The summed E-state index contributed by atoms with van der Waals surface area (Å²) < 4.78 is 40.1. The van der Waals surface area contributed by atoms with Crippen molar-refractivity contribution in [3.63, 3.8) is 0 Å². The van der Waals surface area contributed by atoms with E-state index in [0.717, 1.165) is 83.8 Å². The van der Waals surface area contributed by atoms with E-state index in [2.05, 4.69) is 52.0 Å². The van der Waals surface area contributed by atoms with Gasteiger partial charge in [-0.25, -0.2) is 0 Å². The van der Waals surface area contributed by atoms with Crippen LogP contribution in [-0.2, 0) is 9.05 Å². The summed E-state index contributed by atoms with van der Waals surface area (Å²) in [5.74, 6) is 3.77. The first-order chi connectivity index (χ1) is 23.4. The van der Waals surface area contributed by atoms with Crippen LogP contribution in [0.25, 0.3) is 0 Å². The lowest BCUT2D eigenvalue weighted by atomic mass is 9.70. The summed E-state index contributed by atoms with van der Waals surface area (Å²) in [6.45, 7) is 8.22. The second-order valence-corrected chi connectivity index (χ2v) is 15.1. The maximum atomic E-state index is 6.96. The molecule has 0 amide bonds. The zero-order valence-electron chi connectivity index (χ0n) is 28.5. The van der Waals surface area contributed by atoms with Crippen molar-refractivity contribution in [3.8, 4) is 23.0 Å². The average Bonchev–Trinajstić information content (AvgIpc) is 3.09. The number of aryl methyl sites for hydroxylation is 4. The maximum Gasteiger partial charge on any atom is 0.463 e. The molecule has 0 bridgehead atoms. The first kappa shape index (κ1) is 34.7. The Morgan fingerprint density at radius 2 is 0.667 bits per heavy atom. The van der Waals surface area contributed by atoms with Crippen LogP contribution in [0.1, 0.15) is 73.6 Å². The minimum Gasteiger partial charge on any atom is -0.417 e. The molecular formula is C40H48O6P2. The van der Waals surface area contributed by atoms with E-state index in [1.54, 1.807) is 0 Å². The van der Waals surface area contributed by atoms with E-state index in [0.29, 0.717) is 11.8 Å². The molecule has 4 atom stereocenters. The summed E-state index contributed by atoms with van der Waals surface area (Å²) in [5, 5.41) is 0. The number of benzene rings is 4. The molecule has 0 radical (unpaired) electrons. The van der Waals surface area contributed by atoms with Gasteiger partial charge in [-0.1, -0.05) is 98.5 Å². The second kappa shape index (κ2) is 17.0. The van der Waals surface area contributed by atoms with Crippen LogP contribution in [0.5, 0.6) is 23.0 Å². The second-order valence-electron chi connectivity index (χ2n) is 13.1. The molecule has 48 heavy (non-hydrogen) atoms. The van der Waals surface area contributed by atoms with Crippen molar-refractivity contribution in [1.29, 1.82) is 0 Å². The Bertz CT molecular complexity index is 1400. The summed E-state index contributed by atoms with van der Waals surface area (Å²) in [4.78, 5) is 0. The molecule has 254 valence electrons. The summed E-state index contributed by atoms with van der Waals surface area (Å²) in [6.07, 6.45) is 8.69. The van der Waals surface area contributed by atoms with Crippen LogP contribution in [0, 0.1) is 39.5 Å². The maximum absolute atomic E-state index is 6.96. The lowest BCUT2D eigenvalue weighted by molar-refractivity contribution is -0.0173. The Kier molecular flexibility index (Phi) is 12.3. The highest BCUT2D eigenvalue weighted by Gasteiger charge is 2.42. The highest BCUT2D eigenvalue weighted by Crippen LogP contribution is 2.52. The van der Waals surface area contributed by atoms with Crippen LogP contribution in [0.3, 0.4) is 0 Å². The SMILES string of the molecule is Cc1ccccc1OP(Oc1ccccc1C)OC1CCCCC1C1CCCCC1OP(Oc1ccccc1C)Oc1ccccc1C. The molecule has 2 fully saturated rings. The minimum atomic E-state index is -1.71. The van der Waals surface area contributed by atoms with Gasteiger partial charge in [-0.15, -0.1) is 0 Å². The van der Waals surface area contributed by atoms with E-state index in [-0.39, 0.29) is 12.2 Å². The van der Waals surface area contributed by atoms with Crippen molar-refractivity contribution in [3.05, 3.63) is 119 Å². The van der Waals surface area contributed by atoms with Crippen LogP contribution in [-0.4, -0.2) is 12.2 Å². The van der Waals surface area contributed by atoms with E-state index >= 15 is 0 Å². The fourth-order valence-corrected chi connectivity index (χ4v) is 9.47. The van der Waals surface area contributed by atoms with Crippen LogP contribution in [0.2, 0.25) is 0 Å². The first-order valence-electron chi connectivity index (χ1n) is 17.3. The fraction of sp³-hybridized carbons (Fsp3) is 0.400. The van der Waals surface area contributed by atoms with E-state index in [1.807, 2.05) is 72.8 Å². The molecule has 6 nitrogen and oxygen atoms in total. The van der Waals surface area contributed by atoms with Gasteiger partial charge >= 0.3 is 17.2 Å². The largest absolute Gasteiger partial charge is 0.463 e. The molecule has 0 N–H and O–H groups in total. The van der Waals surface area contributed by atoms with Crippen LogP contribution in [0.15, 0.2) is 97.1 Å². The Labute approximate surface area is 289 Å². The number of para-hydroxylation sites is 4. The van der Waals surface area contributed by atoms with E-state index in [1.165, 1.54) is 12.8 Å². The molecule has 4 aromatic carbocycles. The highest BCUT2D eigenvalue weighted by molar-refractivity contribution is 7.42. The van der Waals surface area contributed by atoms with Gasteiger partial charge in [0, 0.05) is 0 Å². The van der Waals surface area contributed by atoms with Crippen LogP contribution in [0.4, 0.5) is 0 Å². The molecule has 4 aromatic rings. The van der Waals surface area contributed by atoms with Gasteiger partial charge in [0.05, 0.1) is 12.2 Å². The molecule has 4 unspecified atom stereocenters. The zero-order chi connectivity index (χ0) is 33.3. The highest BCUT2D eigenvalue weighted by atomic mass is 31.2. The number of hydrogen-bond donors (Lipinski definition) is 0. The van der Waals surface area contributed by atoms with Gasteiger partial charge in [-0.3, -0.25) is 9.05 Å². The van der Waals surface area contributed by atoms with Gasteiger partial charge in [0.25, 0.3) is 0 Å². The van der Waals surface area contributed by atoms with E-state index in [4.69, 9.17) is 27.1 Å². The molecule has 2 saturated carbocycles. The molecule has 0 aliphatic heterocycles. The lowest BCUT2D eigenvalue weighted by Gasteiger charge is -2.43. The van der Waals surface area contributed by atoms with Crippen molar-refractivity contribution < 1.29 is 27.1 Å². The molecular weight excluding hydrogens is 638 g/mol. The third kappa shape index (κ3) is 9.10. The molecule has 0 saturated heterocycles. The monoisotopic (exact) mass is 686 g/mol. The number of hydrogen-bond acceptors (Lipinski definition) is 6.